The van der Waals surface area contributed by atoms with Crippen molar-refractivity contribution >= 4 is 28.3 Å². The average molecular weight is 376 g/mol. The van der Waals surface area contributed by atoms with Gasteiger partial charge in [0, 0.05) is 25.1 Å². The molecule has 1 saturated heterocycles. The molecule has 8 nitrogen and oxygen atoms in total. The first kappa shape index (κ1) is 16.7. The van der Waals surface area contributed by atoms with Crippen LogP contribution in [0, 0.1) is 17.0 Å². The number of rotatable bonds is 3. The van der Waals surface area contributed by atoms with Crippen molar-refractivity contribution in [3.8, 4) is 0 Å². The molecule has 0 saturated carbocycles. The minimum Gasteiger partial charge on any atom is -0.358 e. The summed E-state index contributed by atoms with van der Waals surface area (Å²) in [4.78, 5) is 26.2. The van der Waals surface area contributed by atoms with Gasteiger partial charge in [-0.25, -0.2) is 4.98 Å². The summed E-state index contributed by atoms with van der Waals surface area (Å²) in [5.74, 6) is 1.59. The number of nitrogens with one attached hydrogen (secondary N) is 1. The van der Waals surface area contributed by atoms with Crippen LogP contribution in [0.15, 0.2) is 42.6 Å². The van der Waals surface area contributed by atoms with E-state index in [1.54, 1.807) is 22.7 Å². The van der Waals surface area contributed by atoms with E-state index in [-0.39, 0.29) is 16.7 Å². The highest BCUT2D eigenvalue weighted by atomic mass is 16.6. The third kappa shape index (κ3) is 2.69. The number of pyridine rings is 1. The predicted octanol–water partition coefficient (Wildman–Crippen LogP) is 3.81. The van der Waals surface area contributed by atoms with Crippen LogP contribution in [0.5, 0.6) is 0 Å². The zero-order chi connectivity index (χ0) is 19.3. The highest BCUT2D eigenvalue weighted by molar-refractivity contribution is 5.76. The smallest absolute Gasteiger partial charge is 0.358 e. The molecule has 1 aliphatic heterocycles. The molecule has 1 N–H and O–H groups in total. The molecular weight excluding hydrogens is 356 g/mol. The second-order valence-electron chi connectivity index (χ2n) is 7.37. The summed E-state index contributed by atoms with van der Waals surface area (Å²) in [5.41, 5.74) is 3.76. The second-order valence-corrected chi connectivity index (χ2v) is 7.37. The number of imidazole rings is 2. The van der Waals surface area contributed by atoms with Gasteiger partial charge in [0.1, 0.15) is 5.82 Å². The third-order valence-corrected chi connectivity index (χ3v) is 5.42. The number of piperidine rings is 1. The Morgan fingerprint density at radius 1 is 1.25 bits per heavy atom. The highest BCUT2D eigenvalue weighted by Gasteiger charge is 2.31. The molecule has 28 heavy (non-hydrogen) atoms. The van der Waals surface area contributed by atoms with Gasteiger partial charge in [0.2, 0.25) is 11.5 Å². The molecule has 4 heterocycles. The largest absolute Gasteiger partial charge is 0.372 e. The standard InChI is InChI=1S/C20H20N6O2/c1-13-7-8-15-16(11-13)22-18(21-15)14-5-4-9-24(12-14)19-20(26(27)28)25-10-3-2-6-17(25)23-19/h2-3,6-8,10-11,14H,4-5,9,12H2,1H3,(H,21,22). The quantitative estimate of drug-likeness (QED) is 0.433. The molecular formula is C20H20N6O2. The highest BCUT2D eigenvalue weighted by Crippen LogP contribution is 2.34. The number of hydrogen-bond donors (Lipinski definition) is 1. The SMILES string of the molecule is Cc1ccc2nc(C3CCCN(c4nc5ccccn5c4[N+](=O)[O-])C3)[nH]c2c1. The summed E-state index contributed by atoms with van der Waals surface area (Å²) in [6.07, 6.45) is 3.62. The van der Waals surface area contributed by atoms with E-state index in [9.17, 15) is 10.1 Å². The summed E-state index contributed by atoms with van der Waals surface area (Å²) >= 11 is 0. The normalized spacial score (nSPS) is 17.5. The van der Waals surface area contributed by atoms with Gasteiger partial charge in [-0.2, -0.15) is 9.38 Å². The van der Waals surface area contributed by atoms with Crippen LogP contribution in [0.4, 0.5) is 11.6 Å². The molecule has 4 aromatic rings. The van der Waals surface area contributed by atoms with Gasteiger partial charge in [-0.05, 0) is 48.5 Å². The number of hydrogen-bond acceptors (Lipinski definition) is 5. The zero-order valence-electron chi connectivity index (χ0n) is 15.5. The molecule has 0 spiro atoms. The molecule has 3 aromatic heterocycles. The summed E-state index contributed by atoms with van der Waals surface area (Å²) in [6, 6.07) is 11.6. The number of H-pyrrole nitrogens is 1. The Labute approximate surface area is 161 Å². The van der Waals surface area contributed by atoms with Crippen molar-refractivity contribution in [2.45, 2.75) is 25.7 Å². The van der Waals surface area contributed by atoms with E-state index in [1.165, 1.54) is 5.56 Å². The number of anilines is 1. The van der Waals surface area contributed by atoms with Gasteiger partial charge < -0.3 is 20.0 Å². The fourth-order valence-electron chi connectivity index (χ4n) is 4.08. The van der Waals surface area contributed by atoms with E-state index in [0.717, 1.165) is 36.2 Å². The molecule has 0 radical (unpaired) electrons. The van der Waals surface area contributed by atoms with Crippen molar-refractivity contribution in [3.63, 3.8) is 0 Å². The number of nitrogens with zero attached hydrogens (tertiary/aromatic N) is 5. The Bertz CT molecular complexity index is 1190. The Kier molecular flexibility index (Phi) is 3.78. The summed E-state index contributed by atoms with van der Waals surface area (Å²) in [6.45, 7) is 3.47. The number of fused-ring (bicyclic) bond motifs is 2. The van der Waals surface area contributed by atoms with Crippen LogP contribution in [0.1, 0.15) is 30.1 Å². The molecule has 0 bridgehead atoms. The Balaban J connectivity index is 1.51. The second kappa shape index (κ2) is 6.33. The van der Waals surface area contributed by atoms with Gasteiger partial charge in [0.05, 0.1) is 17.2 Å². The third-order valence-electron chi connectivity index (χ3n) is 5.42. The summed E-state index contributed by atoms with van der Waals surface area (Å²) in [5, 5.41) is 11.7. The van der Waals surface area contributed by atoms with Crippen LogP contribution in [-0.4, -0.2) is 37.4 Å². The van der Waals surface area contributed by atoms with Gasteiger partial charge in [-0.3, -0.25) is 0 Å². The van der Waals surface area contributed by atoms with Gasteiger partial charge in [-0.15, -0.1) is 0 Å². The van der Waals surface area contributed by atoms with Crippen LogP contribution < -0.4 is 4.90 Å². The number of nitro groups is 1. The van der Waals surface area contributed by atoms with Crippen molar-refractivity contribution in [1.29, 1.82) is 0 Å². The van der Waals surface area contributed by atoms with Crippen molar-refractivity contribution in [2.75, 3.05) is 18.0 Å². The average Bonchev–Trinajstić information content (AvgIpc) is 3.29. The molecule has 8 heteroatoms. The maximum absolute atomic E-state index is 11.7. The monoisotopic (exact) mass is 376 g/mol. The van der Waals surface area contributed by atoms with Crippen LogP contribution in [0.2, 0.25) is 0 Å². The number of aromatic amines is 1. The molecule has 1 aromatic carbocycles. The molecule has 5 rings (SSSR count). The topological polar surface area (TPSA) is 92.4 Å². The summed E-state index contributed by atoms with van der Waals surface area (Å²) < 4.78 is 1.54. The molecule has 0 aliphatic carbocycles. The van der Waals surface area contributed by atoms with Crippen molar-refractivity contribution in [1.82, 2.24) is 19.4 Å². The Hall–Kier alpha value is -3.42. The van der Waals surface area contributed by atoms with Gasteiger partial charge in [0.15, 0.2) is 0 Å². The lowest BCUT2D eigenvalue weighted by Crippen LogP contribution is -2.35. The van der Waals surface area contributed by atoms with Gasteiger partial charge in [0.25, 0.3) is 0 Å². The van der Waals surface area contributed by atoms with E-state index < -0.39 is 0 Å². The maximum Gasteiger partial charge on any atom is 0.372 e. The lowest BCUT2D eigenvalue weighted by Gasteiger charge is -2.31. The fourth-order valence-corrected chi connectivity index (χ4v) is 4.08. The molecule has 1 aliphatic rings. The van der Waals surface area contributed by atoms with Gasteiger partial charge >= 0.3 is 5.82 Å². The van der Waals surface area contributed by atoms with E-state index in [2.05, 4.69) is 29.0 Å². The zero-order valence-corrected chi connectivity index (χ0v) is 15.5. The van der Waals surface area contributed by atoms with Crippen LogP contribution in [0.25, 0.3) is 16.7 Å². The predicted molar refractivity (Wildman–Crippen MR) is 107 cm³/mol. The van der Waals surface area contributed by atoms with Crippen LogP contribution in [0.3, 0.4) is 0 Å². The molecule has 0 amide bonds. The Morgan fingerprint density at radius 2 is 2.14 bits per heavy atom. The first-order valence-electron chi connectivity index (χ1n) is 9.43. The van der Waals surface area contributed by atoms with E-state index in [4.69, 9.17) is 4.98 Å². The number of aromatic nitrogens is 4. The molecule has 1 atom stereocenters. The van der Waals surface area contributed by atoms with Crippen molar-refractivity contribution < 1.29 is 4.92 Å². The first-order chi connectivity index (χ1) is 13.6. The lowest BCUT2D eigenvalue weighted by atomic mass is 9.97. The molecule has 1 fully saturated rings. The van der Waals surface area contributed by atoms with Crippen molar-refractivity contribution in [2.24, 2.45) is 0 Å². The maximum atomic E-state index is 11.7. The lowest BCUT2D eigenvalue weighted by molar-refractivity contribution is -0.389. The van der Waals surface area contributed by atoms with Crippen LogP contribution in [-0.2, 0) is 0 Å². The van der Waals surface area contributed by atoms with Gasteiger partial charge in [-0.1, -0.05) is 12.1 Å². The molecule has 142 valence electrons. The van der Waals surface area contributed by atoms with E-state index >= 15 is 0 Å². The fraction of sp³-hybridized carbons (Fsp3) is 0.300. The first-order valence-corrected chi connectivity index (χ1v) is 9.43. The number of aryl methyl sites for hydroxylation is 1. The van der Waals surface area contributed by atoms with E-state index in [1.807, 2.05) is 17.0 Å². The summed E-state index contributed by atoms with van der Waals surface area (Å²) in [7, 11) is 0. The number of benzene rings is 1. The van der Waals surface area contributed by atoms with Crippen LogP contribution >= 0.6 is 0 Å². The van der Waals surface area contributed by atoms with E-state index in [0.29, 0.717) is 18.0 Å². The minimum atomic E-state index is -0.344. The van der Waals surface area contributed by atoms with Crippen molar-refractivity contribution in [3.05, 3.63) is 64.1 Å². The minimum absolute atomic E-state index is 0.0245. The Morgan fingerprint density at radius 3 is 3.00 bits per heavy atom. The molecule has 1 unspecified atom stereocenters.